The van der Waals surface area contributed by atoms with E-state index in [0.717, 1.165) is 6.07 Å². The first-order valence-electron chi connectivity index (χ1n) is 3.57. The van der Waals surface area contributed by atoms with Crippen LogP contribution in [0.4, 0.5) is 13.2 Å². The zero-order chi connectivity index (χ0) is 10.1. The van der Waals surface area contributed by atoms with Crippen molar-refractivity contribution in [2.75, 3.05) is 0 Å². The second kappa shape index (κ2) is 3.38. The van der Waals surface area contributed by atoms with Gasteiger partial charge in [-0.15, -0.1) is 0 Å². The highest BCUT2D eigenvalue weighted by Crippen LogP contribution is 2.34. The zero-order valence-electron chi connectivity index (χ0n) is 6.67. The Morgan fingerprint density at radius 1 is 1.31 bits per heavy atom. The minimum atomic E-state index is -3.89. The summed E-state index contributed by atoms with van der Waals surface area (Å²) in [4.78, 5) is 0. The van der Waals surface area contributed by atoms with Crippen LogP contribution in [0.5, 0.6) is 0 Å². The molecule has 1 unspecified atom stereocenters. The van der Waals surface area contributed by atoms with Gasteiger partial charge in [0, 0.05) is 5.56 Å². The summed E-state index contributed by atoms with van der Waals surface area (Å²) in [6.45, 7) is 3.31. The van der Waals surface area contributed by atoms with Crippen LogP contribution >= 0.6 is 0 Å². The molecule has 0 amide bonds. The Morgan fingerprint density at radius 2 is 1.85 bits per heavy atom. The normalized spacial score (nSPS) is 14.2. The molecule has 0 fully saturated rings. The second-order valence-electron chi connectivity index (χ2n) is 2.62. The van der Waals surface area contributed by atoms with Gasteiger partial charge in [-0.3, -0.25) is 0 Å². The first-order valence-corrected chi connectivity index (χ1v) is 3.57. The van der Waals surface area contributed by atoms with E-state index >= 15 is 0 Å². The molecule has 0 saturated heterocycles. The molecular weight excluding hydrogens is 181 g/mol. The zero-order valence-corrected chi connectivity index (χ0v) is 6.67. The van der Waals surface area contributed by atoms with E-state index < -0.39 is 17.8 Å². The molecule has 13 heavy (non-hydrogen) atoms. The SMILES string of the molecule is [CH2]c1ccccc1C(F)(F)C(O)F. The lowest BCUT2D eigenvalue weighted by Gasteiger charge is -2.18. The van der Waals surface area contributed by atoms with Gasteiger partial charge in [-0.1, -0.05) is 24.3 Å². The Labute approximate surface area is 73.8 Å². The number of alkyl halides is 3. The van der Waals surface area contributed by atoms with Crippen LogP contribution in [0.2, 0.25) is 0 Å². The van der Waals surface area contributed by atoms with E-state index in [0.29, 0.717) is 0 Å². The summed E-state index contributed by atoms with van der Waals surface area (Å²) in [5.41, 5.74) is -0.589. The van der Waals surface area contributed by atoms with Crippen molar-refractivity contribution in [2.45, 2.75) is 12.3 Å². The molecule has 0 heterocycles. The van der Waals surface area contributed by atoms with Crippen LogP contribution in [0, 0.1) is 6.92 Å². The fourth-order valence-corrected chi connectivity index (χ4v) is 0.974. The predicted octanol–water partition coefficient (Wildman–Crippen LogP) is 2.25. The molecule has 1 aromatic carbocycles. The quantitative estimate of drug-likeness (QED) is 0.756. The summed E-state index contributed by atoms with van der Waals surface area (Å²) in [5, 5.41) is 8.21. The lowest BCUT2D eigenvalue weighted by Crippen LogP contribution is -2.27. The molecule has 71 valence electrons. The highest BCUT2D eigenvalue weighted by atomic mass is 19.3. The summed E-state index contributed by atoms with van der Waals surface area (Å²) in [6, 6.07) is 5.20. The number of aliphatic hydroxyl groups is 1. The van der Waals surface area contributed by atoms with Gasteiger partial charge in [0.1, 0.15) is 0 Å². The van der Waals surface area contributed by atoms with Crippen molar-refractivity contribution in [3.8, 4) is 0 Å². The van der Waals surface area contributed by atoms with Crippen molar-refractivity contribution in [1.29, 1.82) is 0 Å². The topological polar surface area (TPSA) is 20.2 Å². The van der Waals surface area contributed by atoms with E-state index in [9.17, 15) is 13.2 Å². The summed E-state index contributed by atoms with van der Waals surface area (Å²) in [7, 11) is 0. The fourth-order valence-electron chi connectivity index (χ4n) is 0.974. The van der Waals surface area contributed by atoms with Crippen molar-refractivity contribution in [2.24, 2.45) is 0 Å². The lowest BCUT2D eigenvalue weighted by atomic mass is 10.0. The average molecular weight is 189 g/mol. The van der Waals surface area contributed by atoms with E-state index in [1.165, 1.54) is 18.2 Å². The molecule has 4 heteroatoms. The van der Waals surface area contributed by atoms with Gasteiger partial charge in [0.15, 0.2) is 0 Å². The Bertz CT molecular complexity index is 297. The molecule has 0 aromatic heterocycles. The van der Waals surface area contributed by atoms with Crippen molar-refractivity contribution in [3.63, 3.8) is 0 Å². The molecule has 1 nitrogen and oxygen atoms in total. The van der Waals surface area contributed by atoms with E-state index in [4.69, 9.17) is 5.11 Å². The molecule has 0 spiro atoms. The molecule has 0 aliphatic carbocycles. The maximum atomic E-state index is 12.9. The highest BCUT2D eigenvalue weighted by molar-refractivity contribution is 5.33. The van der Waals surface area contributed by atoms with Crippen LogP contribution in [-0.2, 0) is 5.92 Å². The number of rotatable bonds is 2. The van der Waals surface area contributed by atoms with Crippen LogP contribution in [0.3, 0.4) is 0 Å². The third-order valence-electron chi connectivity index (χ3n) is 1.68. The standard InChI is InChI=1S/C9H8F3O/c1-6-4-2-3-5-7(6)9(11,12)8(10)13/h2-5,8,13H,1H2. The van der Waals surface area contributed by atoms with E-state index in [1.807, 2.05) is 0 Å². The molecule has 0 aliphatic rings. The predicted molar refractivity (Wildman–Crippen MR) is 41.9 cm³/mol. The molecule has 1 radical (unpaired) electrons. The van der Waals surface area contributed by atoms with Gasteiger partial charge >= 0.3 is 5.92 Å². The van der Waals surface area contributed by atoms with Gasteiger partial charge in [0.2, 0.25) is 0 Å². The Balaban J connectivity index is 3.14. The third-order valence-corrected chi connectivity index (χ3v) is 1.68. The molecule has 1 rings (SSSR count). The summed E-state index contributed by atoms with van der Waals surface area (Å²) in [6.07, 6.45) is -3.20. The van der Waals surface area contributed by atoms with E-state index in [2.05, 4.69) is 6.92 Å². The molecule has 1 aromatic rings. The molecule has 0 aliphatic heterocycles. The van der Waals surface area contributed by atoms with Gasteiger partial charge in [-0.2, -0.15) is 8.78 Å². The highest BCUT2D eigenvalue weighted by Gasteiger charge is 2.41. The van der Waals surface area contributed by atoms with Crippen molar-refractivity contribution >= 4 is 0 Å². The lowest BCUT2D eigenvalue weighted by molar-refractivity contribution is -0.175. The molecule has 0 bridgehead atoms. The summed E-state index contributed by atoms with van der Waals surface area (Å²) >= 11 is 0. The smallest absolute Gasteiger partial charge is 0.327 e. The van der Waals surface area contributed by atoms with Gasteiger partial charge in [0.05, 0.1) is 0 Å². The number of benzene rings is 1. The fraction of sp³-hybridized carbons (Fsp3) is 0.222. The number of hydrogen-bond donors (Lipinski definition) is 1. The molecule has 1 N–H and O–H groups in total. The van der Waals surface area contributed by atoms with Crippen LogP contribution in [0.25, 0.3) is 0 Å². The summed E-state index contributed by atoms with van der Waals surface area (Å²) < 4.78 is 37.9. The molecule has 1 atom stereocenters. The molecular formula is C9H8F3O. The maximum absolute atomic E-state index is 12.9. The maximum Gasteiger partial charge on any atom is 0.327 e. The third kappa shape index (κ3) is 1.83. The summed E-state index contributed by atoms with van der Waals surface area (Å²) in [5.74, 6) is -3.89. The monoisotopic (exact) mass is 189 g/mol. The van der Waals surface area contributed by atoms with Gasteiger partial charge < -0.3 is 5.11 Å². The largest absolute Gasteiger partial charge is 0.359 e. The van der Waals surface area contributed by atoms with E-state index in [-0.39, 0.29) is 5.56 Å². The van der Waals surface area contributed by atoms with Crippen LogP contribution < -0.4 is 0 Å². The Hall–Kier alpha value is -1.03. The Kier molecular flexibility index (Phi) is 2.61. The minimum Gasteiger partial charge on any atom is -0.359 e. The number of aliphatic hydroxyl groups excluding tert-OH is 1. The number of hydrogen-bond acceptors (Lipinski definition) is 1. The van der Waals surface area contributed by atoms with Gasteiger partial charge in [0.25, 0.3) is 6.36 Å². The van der Waals surface area contributed by atoms with Crippen molar-refractivity contribution < 1.29 is 18.3 Å². The van der Waals surface area contributed by atoms with Crippen LogP contribution in [-0.4, -0.2) is 11.5 Å². The molecule has 0 saturated carbocycles. The van der Waals surface area contributed by atoms with E-state index in [1.54, 1.807) is 0 Å². The first kappa shape index (κ1) is 10.1. The van der Waals surface area contributed by atoms with Crippen molar-refractivity contribution in [1.82, 2.24) is 0 Å². The number of halogens is 3. The van der Waals surface area contributed by atoms with Crippen molar-refractivity contribution in [3.05, 3.63) is 42.3 Å². The van der Waals surface area contributed by atoms with Crippen LogP contribution in [0.1, 0.15) is 11.1 Å². The first-order chi connectivity index (χ1) is 5.96. The van der Waals surface area contributed by atoms with Crippen LogP contribution in [0.15, 0.2) is 24.3 Å². The average Bonchev–Trinajstić information content (AvgIpc) is 2.04. The Morgan fingerprint density at radius 3 is 2.31 bits per heavy atom. The van der Waals surface area contributed by atoms with Gasteiger partial charge in [-0.25, -0.2) is 4.39 Å². The van der Waals surface area contributed by atoms with Gasteiger partial charge in [-0.05, 0) is 12.5 Å². The minimum absolute atomic E-state index is 0.00389. The second-order valence-corrected chi connectivity index (χ2v) is 2.62.